The lowest BCUT2D eigenvalue weighted by molar-refractivity contribution is 0.0597. The first-order valence-corrected chi connectivity index (χ1v) is 9.95. The lowest BCUT2D eigenvalue weighted by Crippen LogP contribution is -2.49. The molecule has 0 radical (unpaired) electrons. The van der Waals surface area contributed by atoms with Crippen LogP contribution in [0.15, 0.2) is 72.9 Å². The molecule has 1 aliphatic heterocycles. The predicted molar refractivity (Wildman–Crippen MR) is 111 cm³/mol. The molecule has 3 aromatic rings. The van der Waals surface area contributed by atoms with Crippen LogP contribution in [0.3, 0.4) is 0 Å². The van der Waals surface area contributed by atoms with Crippen LogP contribution < -0.4 is 0 Å². The molecule has 0 saturated carbocycles. The number of nitrogens with zero attached hydrogens (tertiary/aromatic N) is 3. The van der Waals surface area contributed by atoms with Crippen molar-refractivity contribution in [2.24, 2.45) is 0 Å². The molecule has 148 valence electrons. The number of hydrogen-bond acceptors (Lipinski definition) is 3. The standard InChI is InChI=1S/C23H21ClFN3O/c24-21-11-8-19(16-26-21)23(29)28-14-12-27(13-15-28)22(17-4-2-1-3-5-17)18-6-9-20(25)10-7-18/h1-11,16,22H,12-15H2/t22-/m1/s1. The number of benzene rings is 2. The van der Waals surface area contributed by atoms with E-state index >= 15 is 0 Å². The van der Waals surface area contributed by atoms with Crippen molar-refractivity contribution in [3.63, 3.8) is 0 Å². The molecule has 1 aromatic heterocycles. The van der Waals surface area contributed by atoms with E-state index in [4.69, 9.17) is 11.6 Å². The Hall–Kier alpha value is -2.76. The normalized spacial score (nSPS) is 15.9. The third kappa shape index (κ3) is 4.47. The number of carbonyl (C=O) groups is 1. The van der Waals surface area contributed by atoms with Crippen molar-refractivity contribution in [1.82, 2.24) is 14.8 Å². The van der Waals surface area contributed by atoms with Crippen LogP contribution in [-0.4, -0.2) is 46.9 Å². The Morgan fingerprint density at radius 1 is 0.897 bits per heavy atom. The molecule has 29 heavy (non-hydrogen) atoms. The summed E-state index contributed by atoms with van der Waals surface area (Å²) in [6.07, 6.45) is 1.52. The number of halogens is 2. The van der Waals surface area contributed by atoms with Gasteiger partial charge in [-0.25, -0.2) is 9.37 Å². The van der Waals surface area contributed by atoms with Gasteiger partial charge in [0.25, 0.3) is 5.91 Å². The molecule has 1 fully saturated rings. The van der Waals surface area contributed by atoms with Crippen molar-refractivity contribution >= 4 is 17.5 Å². The molecule has 0 unspecified atom stereocenters. The summed E-state index contributed by atoms with van der Waals surface area (Å²) in [6, 6.07) is 20.2. The Morgan fingerprint density at radius 3 is 2.17 bits per heavy atom. The van der Waals surface area contributed by atoms with Gasteiger partial charge in [-0.05, 0) is 35.4 Å². The van der Waals surface area contributed by atoms with Gasteiger partial charge in [-0.1, -0.05) is 54.1 Å². The van der Waals surface area contributed by atoms with E-state index in [1.807, 2.05) is 35.2 Å². The van der Waals surface area contributed by atoms with Crippen LogP contribution in [-0.2, 0) is 0 Å². The van der Waals surface area contributed by atoms with Crippen LogP contribution in [0.5, 0.6) is 0 Å². The SMILES string of the molecule is O=C(c1ccc(Cl)nc1)N1CCN([C@H](c2ccccc2)c2ccc(F)cc2)CC1. The van der Waals surface area contributed by atoms with Gasteiger partial charge in [0.2, 0.25) is 0 Å². The zero-order valence-corrected chi connectivity index (χ0v) is 16.6. The van der Waals surface area contributed by atoms with E-state index in [0.29, 0.717) is 23.8 Å². The largest absolute Gasteiger partial charge is 0.336 e. The van der Waals surface area contributed by atoms with Crippen LogP contribution in [0.4, 0.5) is 4.39 Å². The summed E-state index contributed by atoms with van der Waals surface area (Å²) in [5.41, 5.74) is 2.74. The summed E-state index contributed by atoms with van der Waals surface area (Å²) in [7, 11) is 0. The van der Waals surface area contributed by atoms with Crippen molar-refractivity contribution in [2.45, 2.75) is 6.04 Å². The van der Waals surface area contributed by atoms with Gasteiger partial charge in [0.05, 0.1) is 11.6 Å². The molecule has 1 amide bonds. The van der Waals surface area contributed by atoms with Crippen molar-refractivity contribution in [2.75, 3.05) is 26.2 Å². The molecule has 1 aliphatic rings. The van der Waals surface area contributed by atoms with E-state index < -0.39 is 0 Å². The summed E-state index contributed by atoms with van der Waals surface area (Å²) < 4.78 is 13.4. The number of pyridine rings is 1. The van der Waals surface area contributed by atoms with E-state index in [0.717, 1.165) is 24.2 Å². The van der Waals surface area contributed by atoms with E-state index in [1.165, 1.54) is 18.3 Å². The highest BCUT2D eigenvalue weighted by atomic mass is 35.5. The van der Waals surface area contributed by atoms with Crippen molar-refractivity contribution < 1.29 is 9.18 Å². The summed E-state index contributed by atoms with van der Waals surface area (Å²) in [6.45, 7) is 2.69. The maximum absolute atomic E-state index is 13.4. The molecule has 0 N–H and O–H groups in total. The Labute approximate surface area is 174 Å². The number of hydrogen-bond donors (Lipinski definition) is 0. The van der Waals surface area contributed by atoms with Gasteiger partial charge in [-0.15, -0.1) is 0 Å². The zero-order valence-electron chi connectivity index (χ0n) is 15.8. The van der Waals surface area contributed by atoms with Crippen LogP contribution in [0.2, 0.25) is 5.15 Å². The first-order valence-electron chi connectivity index (χ1n) is 9.57. The molecule has 0 aliphatic carbocycles. The highest BCUT2D eigenvalue weighted by Gasteiger charge is 2.28. The van der Waals surface area contributed by atoms with Crippen molar-refractivity contribution in [1.29, 1.82) is 0 Å². The summed E-state index contributed by atoms with van der Waals surface area (Å²) >= 11 is 5.82. The van der Waals surface area contributed by atoms with Crippen LogP contribution in [0.25, 0.3) is 0 Å². The minimum Gasteiger partial charge on any atom is -0.336 e. The molecular weight excluding hydrogens is 389 g/mol. The second-order valence-corrected chi connectivity index (χ2v) is 7.45. The Balaban J connectivity index is 1.51. The average Bonchev–Trinajstić information content (AvgIpc) is 2.77. The second-order valence-electron chi connectivity index (χ2n) is 7.06. The number of piperazine rings is 1. The summed E-state index contributed by atoms with van der Waals surface area (Å²) in [5.74, 6) is -0.278. The lowest BCUT2D eigenvalue weighted by atomic mass is 9.96. The third-order valence-electron chi connectivity index (χ3n) is 5.24. The van der Waals surface area contributed by atoms with E-state index in [2.05, 4.69) is 22.0 Å². The van der Waals surface area contributed by atoms with Crippen molar-refractivity contribution in [3.8, 4) is 0 Å². The Bertz CT molecular complexity index is 956. The average molecular weight is 410 g/mol. The fourth-order valence-electron chi connectivity index (χ4n) is 3.76. The number of rotatable bonds is 4. The summed E-state index contributed by atoms with van der Waals surface area (Å²) in [4.78, 5) is 20.9. The summed E-state index contributed by atoms with van der Waals surface area (Å²) in [5, 5.41) is 0.372. The highest BCUT2D eigenvalue weighted by Crippen LogP contribution is 2.30. The predicted octanol–water partition coefficient (Wildman–Crippen LogP) is 4.42. The Morgan fingerprint density at radius 2 is 1.55 bits per heavy atom. The minimum absolute atomic E-state index is 0.0197. The quantitative estimate of drug-likeness (QED) is 0.598. The van der Waals surface area contributed by atoms with Gasteiger partial charge < -0.3 is 4.90 Å². The van der Waals surface area contributed by atoms with Crippen LogP contribution in [0.1, 0.15) is 27.5 Å². The lowest BCUT2D eigenvalue weighted by Gasteiger charge is -2.39. The molecule has 2 aromatic carbocycles. The fourth-order valence-corrected chi connectivity index (χ4v) is 3.87. The topological polar surface area (TPSA) is 36.4 Å². The zero-order chi connectivity index (χ0) is 20.2. The third-order valence-corrected chi connectivity index (χ3v) is 5.47. The molecule has 0 spiro atoms. The van der Waals surface area contributed by atoms with Crippen LogP contribution in [0, 0.1) is 5.82 Å². The number of carbonyl (C=O) groups excluding carboxylic acids is 1. The first-order chi connectivity index (χ1) is 14.1. The number of aromatic nitrogens is 1. The Kier molecular flexibility index (Phi) is 5.88. The van der Waals surface area contributed by atoms with Gasteiger partial charge in [0, 0.05) is 32.4 Å². The molecule has 6 heteroatoms. The first kappa shape index (κ1) is 19.6. The number of amides is 1. The van der Waals surface area contributed by atoms with Gasteiger partial charge in [-0.2, -0.15) is 0 Å². The van der Waals surface area contributed by atoms with E-state index in [-0.39, 0.29) is 17.8 Å². The second kappa shape index (κ2) is 8.72. The smallest absolute Gasteiger partial charge is 0.255 e. The minimum atomic E-state index is -0.243. The van der Waals surface area contributed by atoms with Gasteiger partial charge in [0.15, 0.2) is 0 Å². The van der Waals surface area contributed by atoms with Crippen molar-refractivity contribution in [3.05, 3.63) is 101 Å². The van der Waals surface area contributed by atoms with E-state index in [9.17, 15) is 9.18 Å². The maximum Gasteiger partial charge on any atom is 0.255 e. The molecule has 1 saturated heterocycles. The monoisotopic (exact) mass is 409 g/mol. The van der Waals surface area contributed by atoms with Gasteiger partial charge >= 0.3 is 0 Å². The molecule has 4 nitrogen and oxygen atoms in total. The van der Waals surface area contributed by atoms with Gasteiger partial charge in [-0.3, -0.25) is 9.69 Å². The van der Waals surface area contributed by atoms with Crippen LogP contribution >= 0.6 is 11.6 Å². The molecule has 1 atom stereocenters. The highest BCUT2D eigenvalue weighted by molar-refractivity contribution is 6.29. The molecule has 4 rings (SSSR count). The van der Waals surface area contributed by atoms with Gasteiger partial charge in [0.1, 0.15) is 11.0 Å². The molecular formula is C23H21ClFN3O. The van der Waals surface area contributed by atoms with E-state index in [1.54, 1.807) is 12.1 Å². The maximum atomic E-state index is 13.4. The molecule has 2 heterocycles. The molecule has 0 bridgehead atoms. The fraction of sp³-hybridized carbons (Fsp3) is 0.217.